The molecule has 1 atom stereocenters. The highest BCUT2D eigenvalue weighted by atomic mass is 15.0. The van der Waals surface area contributed by atoms with Crippen molar-refractivity contribution in [2.75, 3.05) is 0 Å². The molecule has 0 radical (unpaired) electrons. The normalized spacial score (nSPS) is 27.0. The molecule has 1 nitrogen and oxygen atoms in total. The van der Waals surface area contributed by atoms with Crippen LogP contribution in [0, 0.1) is 5.92 Å². The minimum atomic E-state index is 0.827. The fourth-order valence-corrected chi connectivity index (χ4v) is 3.52. The van der Waals surface area contributed by atoms with Crippen LogP contribution in [0.15, 0.2) is 0 Å². The third kappa shape index (κ3) is 3.21. The SMILES string of the molecule is CCC(NC1CCCC1)C1CCCCC1. The number of hydrogen-bond donors (Lipinski definition) is 1. The summed E-state index contributed by atoms with van der Waals surface area (Å²) in [6.07, 6.45) is 14.5. The molecule has 0 bridgehead atoms. The van der Waals surface area contributed by atoms with Crippen molar-refractivity contribution in [3.63, 3.8) is 0 Å². The van der Waals surface area contributed by atoms with Crippen molar-refractivity contribution in [1.82, 2.24) is 5.32 Å². The second-order valence-corrected chi connectivity index (χ2v) is 5.56. The first-order valence-corrected chi connectivity index (χ1v) is 7.16. The summed E-state index contributed by atoms with van der Waals surface area (Å²) in [5.41, 5.74) is 0. The molecule has 2 aliphatic carbocycles. The molecule has 1 heteroatoms. The van der Waals surface area contributed by atoms with Crippen LogP contribution >= 0.6 is 0 Å². The average Bonchev–Trinajstić information content (AvgIpc) is 2.80. The monoisotopic (exact) mass is 209 g/mol. The Bertz CT molecular complexity index is 166. The first kappa shape index (κ1) is 11.4. The van der Waals surface area contributed by atoms with Gasteiger partial charge in [0, 0.05) is 12.1 Å². The predicted octanol–water partition coefficient (Wildman–Crippen LogP) is 3.88. The van der Waals surface area contributed by atoms with Gasteiger partial charge in [-0.15, -0.1) is 0 Å². The van der Waals surface area contributed by atoms with E-state index in [1.807, 2.05) is 0 Å². The van der Waals surface area contributed by atoms with Gasteiger partial charge in [0.2, 0.25) is 0 Å². The molecule has 1 unspecified atom stereocenters. The fraction of sp³-hybridized carbons (Fsp3) is 1.00. The zero-order valence-electron chi connectivity index (χ0n) is 10.3. The number of nitrogens with one attached hydrogen (secondary N) is 1. The van der Waals surface area contributed by atoms with Crippen LogP contribution in [0.2, 0.25) is 0 Å². The Balaban J connectivity index is 1.79. The van der Waals surface area contributed by atoms with Crippen molar-refractivity contribution in [2.24, 2.45) is 5.92 Å². The van der Waals surface area contributed by atoms with Crippen LogP contribution in [-0.4, -0.2) is 12.1 Å². The summed E-state index contributed by atoms with van der Waals surface area (Å²) >= 11 is 0. The molecule has 2 saturated carbocycles. The molecule has 2 fully saturated rings. The molecule has 88 valence electrons. The van der Waals surface area contributed by atoms with Crippen LogP contribution in [0.25, 0.3) is 0 Å². The van der Waals surface area contributed by atoms with E-state index in [2.05, 4.69) is 12.2 Å². The Morgan fingerprint density at radius 2 is 1.53 bits per heavy atom. The second-order valence-electron chi connectivity index (χ2n) is 5.56. The van der Waals surface area contributed by atoms with Crippen molar-refractivity contribution in [1.29, 1.82) is 0 Å². The Labute approximate surface area is 95.0 Å². The Morgan fingerprint density at radius 3 is 2.13 bits per heavy atom. The molecule has 0 aromatic heterocycles. The van der Waals surface area contributed by atoms with E-state index in [0.29, 0.717) is 0 Å². The Hall–Kier alpha value is -0.0400. The van der Waals surface area contributed by atoms with E-state index in [-0.39, 0.29) is 0 Å². The lowest BCUT2D eigenvalue weighted by Gasteiger charge is -2.32. The van der Waals surface area contributed by atoms with E-state index in [9.17, 15) is 0 Å². The number of hydrogen-bond acceptors (Lipinski definition) is 1. The lowest BCUT2D eigenvalue weighted by molar-refractivity contribution is 0.245. The highest BCUT2D eigenvalue weighted by molar-refractivity contribution is 4.83. The molecule has 1 N–H and O–H groups in total. The highest BCUT2D eigenvalue weighted by Crippen LogP contribution is 2.29. The smallest absolute Gasteiger partial charge is 0.00952 e. The van der Waals surface area contributed by atoms with Gasteiger partial charge in [-0.25, -0.2) is 0 Å². The maximum Gasteiger partial charge on any atom is 0.00952 e. The second kappa shape index (κ2) is 5.89. The van der Waals surface area contributed by atoms with Gasteiger partial charge in [0.1, 0.15) is 0 Å². The first-order chi connectivity index (χ1) is 7.40. The molecule has 0 aliphatic heterocycles. The first-order valence-electron chi connectivity index (χ1n) is 7.16. The Morgan fingerprint density at radius 1 is 0.933 bits per heavy atom. The predicted molar refractivity (Wildman–Crippen MR) is 66.0 cm³/mol. The van der Waals surface area contributed by atoms with Crippen LogP contribution in [0.4, 0.5) is 0 Å². The molecule has 0 heterocycles. The zero-order chi connectivity index (χ0) is 10.5. The summed E-state index contributed by atoms with van der Waals surface area (Å²) in [7, 11) is 0. The van der Waals surface area contributed by atoms with E-state index in [1.165, 1.54) is 64.2 Å². The molecule has 15 heavy (non-hydrogen) atoms. The van der Waals surface area contributed by atoms with E-state index in [4.69, 9.17) is 0 Å². The third-order valence-electron chi connectivity index (χ3n) is 4.46. The van der Waals surface area contributed by atoms with E-state index >= 15 is 0 Å². The van der Waals surface area contributed by atoms with Gasteiger partial charge in [-0.2, -0.15) is 0 Å². The van der Waals surface area contributed by atoms with Crippen LogP contribution in [-0.2, 0) is 0 Å². The quantitative estimate of drug-likeness (QED) is 0.741. The highest BCUT2D eigenvalue weighted by Gasteiger charge is 2.25. The van der Waals surface area contributed by atoms with Crippen LogP contribution < -0.4 is 5.32 Å². The molecular formula is C14H27N. The van der Waals surface area contributed by atoms with Crippen molar-refractivity contribution in [3.05, 3.63) is 0 Å². The van der Waals surface area contributed by atoms with Gasteiger partial charge in [-0.3, -0.25) is 0 Å². The summed E-state index contributed by atoms with van der Waals surface area (Å²) < 4.78 is 0. The van der Waals surface area contributed by atoms with Crippen LogP contribution in [0.1, 0.15) is 71.1 Å². The lowest BCUT2D eigenvalue weighted by atomic mass is 9.82. The molecule has 0 aromatic carbocycles. The van der Waals surface area contributed by atoms with Gasteiger partial charge in [0.15, 0.2) is 0 Å². The summed E-state index contributed by atoms with van der Waals surface area (Å²) in [6, 6.07) is 1.69. The van der Waals surface area contributed by atoms with Crippen molar-refractivity contribution in [2.45, 2.75) is 83.2 Å². The molecule has 0 amide bonds. The van der Waals surface area contributed by atoms with Crippen LogP contribution in [0.5, 0.6) is 0 Å². The topological polar surface area (TPSA) is 12.0 Å². The lowest BCUT2D eigenvalue weighted by Crippen LogP contribution is -2.42. The maximum atomic E-state index is 3.94. The van der Waals surface area contributed by atoms with Gasteiger partial charge in [-0.1, -0.05) is 39.0 Å². The fourth-order valence-electron chi connectivity index (χ4n) is 3.52. The summed E-state index contributed by atoms with van der Waals surface area (Å²) in [4.78, 5) is 0. The van der Waals surface area contributed by atoms with E-state index < -0.39 is 0 Å². The molecular weight excluding hydrogens is 182 g/mol. The molecule has 2 aliphatic rings. The summed E-state index contributed by atoms with van der Waals surface area (Å²) in [5.74, 6) is 0.990. The van der Waals surface area contributed by atoms with Crippen LogP contribution in [0.3, 0.4) is 0 Å². The minimum Gasteiger partial charge on any atom is -0.311 e. The van der Waals surface area contributed by atoms with Crippen molar-refractivity contribution in [3.8, 4) is 0 Å². The third-order valence-corrected chi connectivity index (χ3v) is 4.46. The molecule has 2 rings (SSSR count). The van der Waals surface area contributed by atoms with Crippen molar-refractivity contribution < 1.29 is 0 Å². The Kier molecular flexibility index (Phi) is 4.49. The van der Waals surface area contributed by atoms with E-state index in [1.54, 1.807) is 0 Å². The molecule has 0 spiro atoms. The largest absolute Gasteiger partial charge is 0.311 e. The zero-order valence-corrected chi connectivity index (χ0v) is 10.3. The van der Waals surface area contributed by atoms with Gasteiger partial charge in [0.05, 0.1) is 0 Å². The average molecular weight is 209 g/mol. The van der Waals surface area contributed by atoms with E-state index in [0.717, 1.165) is 18.0 Å². The summed E-state index contributed by atoms with van der Waals surface area (Å²) in [5, 5.41) is 3.94. The van der Waals surface area contributed by atoms with Crippen molar-refractivity contribution >= 4 is 0 Å². The standard InChI is InChI=1S/C14H27N/c1-2-14(12-8-4-3-5-9-12)15-13-10-6-7-11-13/h12-15H,2-11H2,1H3. The van der Waals surface area contributed by atoms with Gasteiger partial charge in [0.25, 0.3) is 0 Å². The number of rotatable bonds is 4. The molecule has 0 aromatic rings. The van der Waals surface area contributed by atoms with Gasteiger partial charge in [-0.05, 0) is 38.0 Å². The summed E-state index contributed by atoms with van der Waals surface area (Å²) in [6.45, 7) is 2.36. The minimum absolute atomic E-state index is 0.827. The van der Waals surface area contributed by atoms with Gasteiger partial charge < -0.3 is 5.32 Å². The molecule has 0 saturated heterocycles. The maximum absolute atomic E-state index is 3.94. The van der Waals surface area contributed by atoms with Gasteiger partial charge >= 0.3 is 0 Å².